The Balaban J connectivity index is 2.04. The van der Waals surface area contributed by atoms with E-state index < -0.39 is 11.9 Å². The van der Waals surface area contributed by atoms with Gasteiger partial charge in [-0.3, -0.25) is 0 Å². The number of hydrogen-bond acceptors (Lipinski definition) is 2. The van der Waals surface area contributed by atoms with Crippen LogP contribution in [0.1, 0.15) is 17.4 Å². The number of benzene rings is 2. The predicted molar refractivity (Wildman–Crippen MR) is 71.7 cm³/mol. The number of fused-ring (bicyclic) bond motifs is 1. The monoisotopic (exact) mass is 276 g/mol. The van der Waals surface area contributed by atoms with E-state index in [4.69, 9.17) is 16.0 Å². The molecule has 1 heterocycles. The Labute approximate surface area is 114 Å². The molecular formula is C15H10ClFO2. The molecule has 1 aromatic heterocycles. The van der Waals surface area contributed by atoms with Gasteiger partial charge in [0.15, 0.2) is 0 Å². The number of rotatable bonds is 2. The molecule has 1 unspecified atom stereocenters. The van der Waals surface area contributed by atoms with Crippen LogP contribution >= 0.6 is 11.6 Å². The van der Waals surface area contributed by atoms with E-state index in [1.54, 1.807) is 36.4 Å². The molecule has 0 saturated carbocycles. The Bertz CT molecular complexity index is 736. The van der Waals surface area contributed by atoms with E-state index >= 15 is 0 Å². The van der Waals surface area contributed by atoms with Crippen molar-refractivity contribution in [3.05, 3.63) is 70.7 Å². The second kappa shape index (κ2) is 4.68. The molecule has 0 saturated heterocycles. The third kappa shape index (κ3) is 2.35. The molecule has 0 amide bonds. The van der Waals surface area contributed by atoms with Crippen molar-refractivity contribution in [2.24, 2.45) is 0 Å². The zero-order chi connectivity index (χ0) is 13.4. The van der Waals surface area contributed by atoms with Crippen molar-refractivity contribution in [2.45, 2.75) is 6.10 Å². The quantitative estimate of drug-likeness (QED) is 0.757. The fourth-order valence-electron chi connectivity index (χ4n) is 2.01. The maximum atomic E-state index is 13.1. The molecule has 0 radical (unpaired) electrons. The fourth-order valence-corrected chi connectivity index (χ4v) is 2.19. The minimum atomic E-state index is -0.998. The Morgan fingerprint density at radius 1 is 1.11 bits per heavy atom. The molecular weight excluding hydrogens is 267 g/mol. The summed E-state index contributed by atoms with van der Waals surface area (Å²) < 4.78 is 18.7. The molecule has 0 aliphatic heterocycles. The van der Waals surface area contributed by atoms with E-state index in [0.29, 0.717) is 21.9 Å². The van der Waals surface area contributed by atoms with Crippen molar-refractivity contribution >= 4 is 22.6 Å². The van der Waals surface area contributed by atoms with Crippen molar-refractivity contribution in [1.29, 1.82) is 0 Å². The van der Waals surface area contributed by atoms with Gasteiger partial charge in [0.05, 0.1) is 0 Å². The van der Waals surface area contributed by atoms with Crippen LogP contribution in [0.3, 0.4) is 0 Å². The van der Waals surface area contributed by atoms with Crippen LogP contribution in [0.25, 0.3) is 11.0 Å². The fraction of sp³-hybridized carbons (Fsp3) is 0.0667. The minimum absolute atomic E-state index is 0.364. The van der Waals surface area contributed by atoms with Gasteiger partial charge >= 0.3 is 0 Å². The maximum absolute atomic E-state index is 13.1. The first-order valence-corrected chi connectivity index (χ1v) is 6.14. The van der Waals surface area contributed by atoms with Crippen molar-refractivity contribution in [2.75, 3.05) is 0 Å². The number of aliphatic hydroxyl groups excluding tert-OH is 1. The molecule has 0 aliphatic carbocycles. The average Bonchev–Trinajstić information content (AvgIpc) is 2.80. The van der Waals surface area contributed by atoms with Crippen LogP contribution in [0.2, 0.25) is 5.02 Å². The van der Waals surface area contributed by atoms with Gasteiger partial charge in [-0.25, -0.2) is 4.39 Å². The zero-order valence-corrected chi connectivity index (χ0v) is 10.6. The highest BCUT2D eigenvalue weighted by Gasteiger charge is 2.16. The topological polar surface area (TPSA) is 33.4 Å². The summed E-state index contributed by atoms with van der Waals surface area (Å²) in [6, 6.07) is 12.7. The van der Waals surface area contributed by atoms with E-state index in [0.717, 1.165) is 5.39 Å². The highest BCUT2D eigenvalue weighted by atomic mass is 35.5. The Hall–Kier alpha value is -1.84. The molecule has 19 heavy (non-hydrogen) atoms. The van der Waals surface area contributed by atoms with Gasteiger partial charge in [-0.2, -0.15) is 0 Å². The van der Waals surface area contributed by atoms with Crippen LogP contribution in [-0.2, 0) is 0 Å². The summed E-state index contributed by atoms with van der Waals surface area (Å²) in [6.07, 6.45) is -0.998. The van der Waals surface area contributed by atoms with E-state index in [2.05, 4.69) is 0 Å². The summed E-state index contributed by atoms with van der Waals surface area (Å²) in [7, 11) is 0. The van der Waals surface area contributed by atoms with Gasteiger partial charge in [0, 0.05) is 10.4 Å². The molecule has 2 aromatic carbocycles. The van der Waals surface area contributed by atoms with Gasteiger partial charge in [-0.05, 0) is 42.0 Å². The highest BCUT2D eigenvalue weighted by Crippen LogP contribution is 2.29. The third-order valence-electron chi connectivity index (χ3n) is 2.93. The smallest absolute Gasteiger partial charge is 0.138 e. The van der Waals surface area contributed by atoms with E-state index in [1.807, 2.05) is 0 Å². The molecule has 1 atom stereocenters. The molecule has 0 aliphatic rings. The lowest BCUT2D eigenvalue weighted by Crippen LogP contribution is -1.98. The van der Waals surface area contributed by atoms with Crippen LogP contribution in [0.4, 0.5) is 4.39 Å². The van der Waals surface area contributed by atoms with E-state index in [-0.39, 0.29) is 0 Å². The van der Waals surface area contributed by atoms with Crippen molar-refractivity contribution < 1.29 is 13.9 Å². The summed E-state index contributed by atoms with van der Waals surface area (Å²) in [5.74, 6) is -0.0291. The Morgan fingerprint density at radius 3 is 2.74 bits per heavy atom. The van der Waals surface area contributed by atoms with Crippen molar-refractivity contribution in [3.8, 4) is 0 Å². The first kappa shape index (κ1) is 12.2. The molecule has 0 bridgehead atoms. The zero-order valence-electron chi connectivity index (χ0n) is 9.81. The summed E-state index contributed by atoms with van der Waals surface area (Å²) in [6.45, 7) is 0. The van der Waals surface area contributed by atoms with Crippen LogP contribution in [0, 0.1) is 5.82 Å². The third-order valence-corrected chi connectivity index (χ3v) is 3.17. The molecule has 0 spiro atoms. The van der Waals surface area contributed by atoms with Gasteiger partial charge in [0.25, 0.3) is 0 Å². The standard InChI is InChI=1S/C15H10ClFO2/c16-11-4-5-13-10(6-11)8-14(19-13)15(18)9-2-1-3-12(17)7-9/h1-8,15,18H. The van der Waals surface area contributed by atoms with Crippen molar-refractivity contribution in [1.82, 2.24) is 0 Å². The van der Waals surface area contributed by atoms with Crippen LogP contribution in [0.15, 0.2) is 52.9 Å². The normalized spacial score (nSPS) is 12.8. The van der Waals surface area contributed by atoms with E-state index in [1.165, 1.54) is 12.1 Å². The summed E-state index contributed by atoms with van der Waals surface area (Å²) >= 11 is 5.89. The van der Waals surface area contributed by atoms with E-state index in [9.17, 15) is 9.50 Å². The molecule has 3 rings (SSSR count). The second-order valence-corrected chi connectivity index (χ2v) is 4.72. The highest BCUT2D eigenvalue weighted by molar-refractivity contribution is 6.31. The van der Waals surface area contributed by atoms with Gasteiger partial charge in [0.1, 0.15) is 23.3 Å². The average molecular weight is 277 g/mol. The molecule has 0 fully saturated rings. The summed E-state index contributed by atoms with van der Waals surface area (Å²) in [4.78, 5) is 0. The number of halogens is 2. The lowest BCUT2D eigenvalue weighted by atomic mass is 10.1. The largest absolute Gasteiger partial charge is 0.458 e. The minimum Gasteiger partial charge on any atom is -0.458 e. The summed E-state index contributed by atoms with van der Waals surface area (Å²) in [5.41, 5.74) is 1.08. The lowest BCUT2D eigenvalue weighted by Gasteiger charge is -2.07. The predicted octanol–water partition coefficient (Wildman–Crippen LogP) is 4.31. The van der Waals surface area contributed by atoms with Gasteiger partial charge in [-0.1, -0.05) is 23.7 Å². The summed E-state index contributed by atoms with van der Waals surface area (Å²) in [5, 5.41) is 11.6. The van der Waals surface area contributed by atoms with Gasteiger partial charge in [0.2, 0.25) is 0 Å². The van der Waals surface area contributed by atoms with Gasteiger partial charge in [-0.15, -0.1) is 0 Å². The Morgan fingerprint density at radius 2 is 1.95 bits per heavy atom. The Kier molecular flexibility index (Phi) is 3.01. The van der Waals surface area contributed by atoms with Gasteiger partial charge < -0.3 is 9.52 Å². The lowest BCUT2D eigenvalue weighted by molar-refractivity contribution is 0.192. The molecule has 2 nitrogen and oxygen atoms in total. The number of hydrogen-bond donors (Lipinski definition) is 1. The van der Waals surface area contributed by atoms with Crippen LogP contribution < -0.4 is 0 Å². The molecule has 4 heteroatoms. The molecule has 96 valence electrons. The maximum Gasteiger partial charge on any atom is 0.138 e. The first-order valence-electron chi connectivity index (χ1n) is 5.76. The number of aliphatic hydroxyl groups is 1. The van der Waals surface area contributed by atoms with Crippen LogP contribution in [-0.4, -0.2) is 5.11 Å². The van der Waals surface area contributed by atoms with Crippen LogP contribution in [0.5, 0.6) is 0 Å². The molecule has 3 aromatic rings. The SMILES string of the molecule is OC(c1cccc(F)c1)c1cc2cc(Cl)ccc2o1. The first-order chi connectivity index (χ1) is 9.13. The van der Waals surface area contributed by atoms with Crippen molar-refractivity contribution in [3.63, 3.8) is 0 Å². The number of furan rings is 1. The molecule has 1 N–H and O–H groups in total. The second-order valence-electron chi connectivity index (χ2n) is 4.29.